The fourth-order valence-electron chi connectivity index (χ4n) is 2.29. The number of fused-ring (bicyclic) bond motifs is 1. The fraction of sp³-hybridized carbons (Fsp3) is 0.231. The number of carbonyl (C=O) groups is 1. The Morgan fingerprint density at radius 3 is 2.95 bits per heavy atom. The Balaban J connectivity index is 1.74. The van der Waals surface area contributed by atoms with Crippen molar-refractivity contribution in [2.45, 2.75) is 19.1 Å². The van der Waals surface area contributed by atoms with Crippen LogP contribution in [0.3, 0.4) is 0 Å². The van der Waals surface area contributed by atoms with Crippen molar-refractivity contribution >= 4 is 11.6 Å². The van der Waals surface area contributed by atoms with Gasteiger partial charge in [-0.3, -0.25) is 9.48 Å². The Kier molecular flexibility index (Phi) is 2.63. The Bertz CT molecular complexity index is 610. The monoisotopic (exact) mass is 258 g/mol. The van der Waals surface area contributed by atoms with Gasteiger partial charge in [0.25, 0.3) is 5.91 Å². The van der Waals surface area contributed by atoms with Crippen molar-refractivity contribution in [3.8, 4) is 5.75 Å². The number of hydrogen-bond acceptors (Lipinski definition) is 4. The molecule has 0 saturated carbocycles. The summed E-state index contributed by atoms with van der Waals surface area (Å²) in [6, 6.07) is 7.92. The summed E-state index contributed by atoms with van der Waals surface area (Å²) >= 11 is 0. The van der Waals surface area contributed by atoms with Gasteiger partial charge in [0.15, 0.2) is 5.69 Å². The second-order valence-corrected chi connectivity index (χ2v) is 4.57. The SMILES string of the molecule is NC(=O)c1nn(CC2Cc3ccccc3O2)cc1N. The number of anilines is 1. The number of nitrogen functional groups attached to an aromatic ring is 1. The van der Waals surface area contributed by atoms with E-state index in [0.717, 1.165) is 12.2 Å². The molecule has 0 radical (unpaired) electrons. The average Bonchev–Trinajstić information content (AvgIpc) is 2.92. The molecule has 0 saturated heterocycles. The van der Waals surface area contributed by atoms with Gasteiger partial charge in [0.1, 0.15) is 11.9 Å². The van der Waals surface area contributed by atoms with Gasteiger partial charge in [-0.1, -0.05) is 18.2 Å². The van der Waals surface area contributed by atoms with Crippen molar-refractivity contribution in [2.24, 2.45) is 5.73 Å². The number of nitrogens with zero attached hydrogens (tertiary/aromatic N) is 2. The lowest BCUT2D eigenvalue weighted by molar-refractivity contribution is 0.0994. The third-order valence-corrected chi connectivity index (χ3v) is 3.13. The van der Waals surface area contributed by atoms with Crippen LogP contribution < -0.4 is 16.2 Å². The predicted octanol–water partition coefficient (Wildman–Crippen LogP) is 0.568. The molecule has 1 atom stereocenters. The van der Waals surface area contributed by atoms with Gasteiger partial charge in [0.2, 0.25) is 0 Å². The molecule has 1 aromatic heterocycles. The molecule has 2 aromatic rings. The van der Waals surface area contributed by atoms with Crippen molar-refractivity contribution in [3.05, 3.63) is 41.7 Å². The van der Waals surface area contributed by atoms with Gasteiger partial charge in [-0.25, -0.2) is 0 Å². The third-order valence-electron chi connectivity index (χ3n) is 3.13. The first-order chi connectivity index (χ1) is 9.13. The first-order valence-corrected chi connectivity index (χ1v) is 6.01. The number of primary amides is 1. The van der Waals surface area contributed by atoms with Gasteiger partial charge >= 0.3 is 0 Å². The van der Waals surface area contributed by atoms with E-state index in [4.69, 9.17) is 16.2 Å². The lowest BCUT2D eigenvalue weighted by Gasteiger charge is -2.10. The van der Waals surface area contributed by atoms with Crippen molar-refractivity contribution in [3.63, 3.8) is 0 Å². The molecule has 1 aliphatic heterocycles. The number of benzene rings is 1. The molecule has 0 aliphatic carbocycles. The molecular weight excluding hydrogens is 244 g/mol. The maximum absolute atomic E-state index is 11.1. The topological polar surface area (TPSA) is 96.2 Å². The van der Waals surface area contributed by atoms with E-state index >= 15 is 0 Å². The van der Waals surface area contributed by atoms with Crippen LogP contribution in [0.5, 0.6) is 5.75 Å². The zero-order valence-electron chi connectivity index (χ0n) is 10.2. The van der Waals surface area contributed by atoms with Crippen LogP contribution in [-0.2, 0) is 13.0 Å². The minimum absolute atomic E-state index is 0.00238. The molecule has 1 amide bonds. The minimum atomic E-state index is -0.619. The highest BCUT2D eigenvalue weighted by atomic mass is 16.5. The minimum Gasteiger partial charge on any atom is -0.488 e. The van der Waals surface area contributed by atoms with E-state index in [1.807, 2.05) is 24.3 Å². The zero-order chi connectivity index (χ0) is 13.4. The van der Waals surface area contributed by atoms with Gasteiger partial charge in [0, 0.05) is 12.6 Å². The Labute approximate surface area is 110 Å². The van der Waals surface area contributed by atoms with E-state index in [-0.39, 0.29) is 11.8 Å². The molecule has 0 bridgehead atoms. The van der Waals surface area contributed by atoms with Crippen LogP contribution in [0.25, 0.3) is 0 Å². The summed E-state index contributed by atoms with van der Waals surface area (Å²) < 4.78 is 7.41. The number of hydrogen-bond donors (Lipinski definition) is 2. The van der Waals surface area contributed by atoms with Crippen LogP contribution in [0, 0.1) is 0 Å². The van der Waals surface area contributed by atoms with Gasteiger partial charge in [-0.15, -0.1) is 0 Å². The maximum Gasteiger partial charge on any atom is 0.271 e. The molecule has 19 heavy (non-hydrogen) atoms. The molecule has 1 aliphatic rings. The summed E-state index contributed by atoms with van der Waals surface area (Å²) in [5, 5.41) is 4.07. The highest BCUT2D eigenvalue weighted by molar-refractivity contribution is 5.95. The van der Waals surface area contributed by atoms with E-state index in [2.05, 4.69) is 5.10 Å². The van der Waals surface area contributed by atoms with Crippen LogP contribution in [-0.4, -0.2) is 21.8 Å². The summed E-state index contributed by atoms with van der Waals surface area (Å²) in [4.78, 5) is 11.1. The van der Waals surface area contributed by atoms with Crippen molar-refractivity contribution < 1.29 is 9.53 Å². The second kappa shape index (κ2) is 4.31. The van der Waals surface area contributed by atoms with Gasteiger partial charge in [0.05, 0.1) is 12.2 Å². The van der Waals surface area contributed by atoms with Gasteiger partial charge in [-0.2, -0.15) is 5.10 Å². The standard InChI is InChI=1S/C13H14N4O2/c14-10-7-17(16-12(10)13(15)18)6-9-5-8-3-1-2-4-11(8)19-9/h1-4,7,9H,5-6,14H2,(H2,15,18). The third kappa shape index (κ3) is 2.12. The Hall–Kier alpha value is -2.50. The highest BCUT2D eigenvalue weighted by Crippen LogP contribution is 2.28. The summed E-state index contributed by atoms with van der Waals surface area (Å²) in [7, 11) is 0. The Morgan fingerprint density at radius 1 is 1.47 bits per heavy atom. The van der Waals surface area contributed by atoms with E-state index in [9.17, 15) is 4.79 Å². The van der Waals surface area contributed by atoms with E-state index in [1.165, 1.54) is 5.56 Å². The molecule has 6 nitrogen and oxygen atoms in total. The van der Waals surface area contributed by atoms with Crippen molar-refractivity contribution in [1.29, 1.82) is 0 Å². The maximum atomic E-state index is 11.1. The molecule has 0 fully saturated rings. The van der Waals surface area contributed by atoms with E-state index < -0.39 is 5.91 Å². The zero-order valence-corrected chi connectivity index (χ0v) is 10.2. The van der Waals surface area contributed by atoms with Crippen molar-refractivity contribution in [2.75, 3.05) is 5.73 Å². The summed E-state index contributed by atoms with van der Waals surface area (Å²) in [5.41, 5.74) is 12.4. The van der Waals surface area contributed by atoms with Gasteiger partial charge in [-0.05, 0) is 11.6 Å². The lowest BCUT2D eigenvalue weighted by atomic mass is 10.1. The number of rotatable bonds is 3. The molecule has 1 aromatic carbocycles. The number of para-hydroxylation sites is 1. The molecule has 2 heterocycles. The predicted molar refractivity (Wildman–Crippen MR) is 69.7 cm³/mol. The quantitative estimate of drug-likeness (QED) is 0.841. The highest BCUT2D eigenvalue weighted by Gasteiger charge is 2.23. The van der Waals surface area contributed by atoms with Crippen LogP contribution in [0.15, 0.2) is 30.5 Å². The van der Waals surface area contributed by atoms with Crippen LogP contribution in [0.4, 0.5) is 5.69 Å². The normalized spacial score (nSPS) is 16.9. The number of carbonyl (C=O) groups excluding carboxylic acids is 1. The van der Waals surface area contributed by atoms with Crippen LogP contribution in [0.1, 0.15) is 16.1 Å². The smallest absolute Gasteiger partial charge is 0.271 e. The molecular formula is C13H14N4O2. The molecule has 1 unspecified atom stereocenters. The Morgan fingerprint density at radius 2 is 2.26 bits per heavy atom. The first-order valence-electron chi connectivity index (χ1n) is 6.01. The lowest BCUT2D eigenvalue weighted by Crippen LogP contribution is -2.22. The molecule has 0 spiro atoms. The van der Waals surface area contributed by atoms with Gasteiger partial charge < -0.3 is 16.2 Å². The van der Waals surface area contributed by atoms with Crippen LogP contribution >= 0.6 is 0 Å². The summed E-state index contributed by atoms with van der Waals surface area (Å²) in [6.45, 7) is 0.534. The average molecular weight is 258 g/mol. The number of aromatic nitrogens is 2. The fourth-order valence-corrected chi connectivity index (χ4v) is 2.29. The van der Waals surface area contributed by atoms with Crippen molar-refractivity contribution in [1.82, 2.24) is 9.78 Å². The van der Waals surface area contributed by atoms with E-state index in [1.54, 1.807) is 10.9 Å². The van der Waals surface area contributed by atoms with Crippen LogP contribution in [0.2, 0.25) is 0 Å². The molecule has 98 valence electrons. The molecule has 3 rings (SSSR count). The molecule has 6 heteroatoms. The number of nitrogens with two attached hydrogens (primary N) is 2. The summed E-state index contributed by atoms with van der Waals surface area (Å²) in [5.74, 6) is 0.287. The van der Waals surface area contributed by atoms with E-state index in [0.29, 0.717) is 12.2 Å². The number of ether oxygens (including phenoxy) is 1. The molecule has 4 N–H and O–H groups in total. The largest absolute Gasteiger partial charge is 0.488 e. The second-order valence-electron chi connectivity index (χ2n) is 4.57. The summed E-state index contributed by atoms with van der Waals surface area (Å²) in [6.07, 6.45) is 2.42. The number of amides is 1. The first kappa shape index (κ1) is 11.6.